The fourth-order valence-corrected chi connectivity index (χ4v) is 4.54. The van der Waals surface area contributed by atoms with Gasteiger partial charge in [0, 0.05) is 31.1 Å². The van der Waals surface area contributed by atoms with Gasteiger partial charge in [0.25, 0.3) is 5.91 Å². The normalized spacial score (nSPS) is 17.5. The van der Waals surface area contributed by atoms with E-state index < -0.39 is 0 Å². The molecule has 1 unspecified atom stereocenters. The fraction of sp³-hybridized carbons (Fsp3) is 0.481. The maximum Gasteiger partial charge on any atom is 0.251 e. The van der Waals surface area contributed by atoms with E-state index in [2.05, 4.69) is 29.4 Å². The summed E-state index contributed by atoms with van der Waals surface area (Å²) in [6.45, 7) is 7.19. The summed E-state index contributed by atoms with van der Waals surface area (Å²) < 4.78 is 24.6. The van der Waals surface area contributed by atoms with Gasteiger partial charge in [0.2, 0.25) is 5.91 Å². The Hall–Kier alpha value is -3.13. The highest BCUT2D eigenvalue weighted by molar-refractivity contribution is 5.94. The highest BCUT2D eigenvalue weighted by Gasteiger charge is 2.25. The van der Waals surface area contributed by atoms with Crippen LogP contribution in [0.5, 0.6) is 11.5 Å². The number of hydrogen-bond acceptors (Lipinski definition) is 5. The summed E-state index contributed by atoms with van der Waals surface area (Å²) >= 11 is 0. The molecule has 1 atom stereocenters. The first kappa shape index (κ1) is 25.0. The van der Waals surface area contributed by atoms with Crippen LogP contribution in [0.25, 0.3) is 0 Å². The van der Waals surface area contributed by atoms with Crippen LogP contribution < -0.4 is 20.1 Å². The van der Waals surface area contributed by atoms with Crippen molar-refractivity contribution < 1.29 is 23.5 Å². The van der Waals surface area contributed by atoms with Crippen molar-refractivity contribution in [2.45, 2.75) is 45.2 Å². The van der Waals surface area contributed by atoms with Crippen LogP contribution in [0, 0.1) is 11.7 Å². The number of rotatable bonds is 7. The van der Waals surface area contributed by atoms with E-state index in [4.69, 9.17) is 9.47 Å². The zero-order valence-corrected chi connectivity index (χ0v) is 20.4. The molecule has 188 valence electrons. The van der Waals surface area contributed by atoms with Crippen LogP contribution in [-0.4, -0.2) is 55.6 Å². The van der Waals surface area contributed by atoms with Gasteiger partial charge in [-0.05, 0) is 60.7 Å². The third-order valence-electron chi connectivity index (χ3n) is 6.51. The lowest BCUT2D eigenvalue weighted by Crippen LogP contribution is -2.48. The predicted molar refractivity (Wildman–Crippen MR) is 131 cm³/mol. The number of fused-ring (bicyclic) bond motifs is 1. The first-order chi connectivity index (χ1) is 16.9. The Morgan fingerprint density at radius 1 is 1.03 bits per heavy atom. The number of benzene rings is 2. The molecule has 0 spiro atoms. The van der Waals surface area contributed by atoms with Gasteiger partial charge in [-0.3, -0.25) is 14.5 Å². The Balaban J connectivity index is 1.27. The highest BCUT2D eigenvalue weighted by atomic mass is 19.1. The number of amides is 2. The largest absolute Gasteiger partial charge is 0.490 e. The Kier molecular flexibility index (Phi) is 8.23. The second-order valence-corrected chi connectivity index (χ2v) is 9.58. The molecular weight excluding hydrogens is 449 g/mol. The number of hydrogen-bond donors (Lipinski definition) is 2. The molecule has 2 aromatic rings. The second kappa shape index (κ2) is 11.5. The van der Waals surface area contributed by atoms with E-state index in [1.165, 1.54) is 24.3 Å². The second-order valence-electron chi connectivity index (χ2n) is 9.58. The minimum atomic E-state index is -0.364. The molecule has 4 rings (SSSR count). The fourth-order valence-electron chi connectivity index (χ4n) is 4.54. The number of halogens is 1. The molecule has 2 N–H and O–H groups in total. The van der Waals surface area contributed by atoms with E-state index in [1.54, 1.807) is 0 Å². The van der Waals surface area contributed by atoms with Gasteiger partial charge in [0.15, 0.2) is 11.5 Å². The molecule has 7 nitrogen and oxygen atoms in total. The molecule has 8 heteroatoms. The zero-order valence-electron chi connectivity index (χ0n) is 20.4. The number of carbonyl (C=O) groups is 2. The summed E-state index contributed by atoms with van der Waals surface area (Å²) in [4.78, 5) is 27.4. The summed E-state index contributed by atoms with van der Waals surface area (Å²) in [6, 6.07) is 11.3. The van der Waals surface area contributed by atoms with E-state index in [0.29, 0.717) is 25.3 Å². The van der Waals surface area contributed by atoms with Gasteiger partial charge < -0.3 is 20.1 Å². The Labute approximate surface area is 206 Å². The van der Waals surface area contributed by atoms with Gasteiger partial charge in [-0.15, -0.1) is 0 Å². The molecule has 2 aromatic carbocycles. The van der Waals surface area contributed by atoms with Crippen molar-refractivity contribution in [1.82, 2.24) is 15.5 Å². The van der Waals surface area contributed by atoms with Crippen molar-refractivity contribution in [3.63, 3.8) is 0 Å². The third-order valence-corrected chi connectivity index (χ3v) is 6.51. The first-order valence-electron chi connectivity index (χ1n) is 12.4. The molecular formula is C27H34FN3O4. The minimum absolute atomic E-state index is 0.0235. The van der Waals surface area contributed by atoms with Crippen molar-refractivity contribution in [1.29, 1.82) is 0 Å². The van der Waals surface area contributed by atoms with E-state index in [-0.39, 0.29) is 35.6 Å². The van der Waals surface area contributed by atoms with E-state index in [9.17, 15) is 14.0 Å². The van der Waals surface area contributed by atoms with Crippen LogP contribution >= 0.6 is 0 Å². The SMILES string of the molecule is CC(C)C(NC(=O)CN1CCC(NC(=O)c2ccc(F)cc2)CC1)c1ccc2c(c1)OCCCO2. The Bertz CT molecular complexity index is 1020. The summed E-state index contributed by atoms with van der Waals surface area (Å²) in [5.41, 5.74) is 1.45. The van der Waals surface area contributed by atoms with Gasteiger partial charge >= 0.3 is 0 Å². The molecule has 1 saturated heterocycles. The molecule has 35 heavy (non-hydrogen) atoms. The van der Waals surface area contributed by atoms with Crippen LogP contribution in [0.4, 0.5) is 4.39 Å². The van der Waals surface area contributed by atoms with E-state index >= 15 is 0 Å². The lowest BCUT2D eigenvalue weighted by Gasteiger charge is -2.32. The average molecular weight is 484 g/mol. The van der Waals surface area contributed by atoms with Crippen LogP contribution in [-0.2, 0) is 4.79 Å². The summed E-state index contributed by atoms with van der Waals surface area (Å²) in [5, 5.41) is 6.21. The van der Waals surface area contributed by atoms with Crippen molar-refractivity contribution in [2.24, 2.45) is 5.92 Å². The van der Waals surface area contributed by atoms with Gasteiger partial charge in [-0.2, -0.15) is 0 Å². The summed E-state index contributed by atoms with van der Waals surface area (Å²) in [7, 11) is 0. The molecule has 2 aliphatic heterocycles. The van der Waals surface area contributed by atoms with Crippen LogP contribution in [0.15, 0.2) is 42.5 Å². The van der Waals surface area contributed by atoms with E-state index in [0.717, 1.165) is 49.4 Å². The minimum Gasteiger partial charge on any atom is -0.490 e. The van der Waals surface area contributed by atoms with Crippen molar-refractivity contribution in [3.8, 4) is 11.5 Å². The van der Waals surface area contributed by atoms with Crippen LogP contribution in [0.2, 0.25) is 0 Å². The Morgan fingerprint density at radius 3 is 2.40 bits per heavy atom. The zero-order chi connectivity index (χ0) is 24.8. The third kappa shape index (κ3) is 6.72. The molecule has 2 aliphatic rings. The first-order valence-corrected chi connectivity index (χ1v) is 12.4. The molecule has 0 bridgehead atoms. The quantitative estimate of drug-likeness (QED) is 0.628. The molecule has 0 saturated carbocycles. The number of ether oxygens (including phenoxy) is 2. The standard InChI is InChI=1S/C27H34FN3O4/c1-18(2)26(20-6-9-23-24(16-20)35-15-3-14-34-23)30-25(32)17-31-12-10-22(11-13-31)29-27(33)19-4-7-21(28)8-5-19/h4-9,16,18,22,26H,3,10-15,17H2,1-2H3,(H,29,33)(H,30,32). The molecule has 0 radical (unpaired) electrons. The van der Waals surface area contributed by atoms with Crippen molar-refractivity contribution in [2.75, 3.05) is 32.8 Å². The predicted octanol–water partition coefficient (Wildman–Crippen LogP) is 3.69. The molecule has 0 aromatic heterocycles. The highest BCUT2D eigenvalue weighted by Crippen LogP contribution is 2.34. The smallest absolute Gasteiger partial charge is 0.251 e. The number of carbonyl (C=O) groups excluding carboxylic acids is 2. The number of piperidine rings is 1. The number of nitrogens with one attached hydrogen (secondary N) is 2. The van der Waals surface area contributed by atoms with Crippen molar-refractivity contribution >= 4 is 11.8 Å². The monoisotopic (exact) mass is 483 g/mol. The maximum absolute atomic E-state index is 13.1. The number of likely N-dealkylation sites (tertiary alicyclic amines) is 1. The average Bonchev–Trinajstić information content (AvgIpc) is 3.09. The van der Waals surface area contributed by atoms with Gasteiger partial charge in [0.1, 0.15) is 5.82 Å². The summed E-state index contributed by atoms with van der Waals surface area (Å²) in [5.74, 6) is 1.09. The molecule has 2 amide bonds. The van der Waals surface area contributed by atoms with Gasteiger partial charge in [0.05, 0.1) is 25.8 Å². The Morgan fingerprint density at radius 2 is 1.71 bits per heavy atom. The molecule has 0 aliphatic carbocycles. The van der Waals surface area contributed by atoms with Crippen LogP contribution in [0.3, 0.4) is 0 Å². The molecule has 1 fully saturated rings. The topological polar surface area (TPSA) is 79.9 Å². The van der Waals surface area contributed by atoms with Crippen LogP contribution in [0.1, 0.15) is 55.1 Å². The lowest BCUT2D eigenvalue weighted by atomic mass is 9.95. The lowest BCUT2D eigenvalue weighted by molar-refractivity contribution is -0.123. The number of nitrogens with zero attached hydrogens (tertiary/aromatic N) is 1. The van der Waals surface area contributed by atoms with E-state index in [1.807, 2.05) is 18.2 Å². The van der Waals surface area contributed by atoms with Gasteiger partial charge in [-0.1, -0.05) is 19.9 Å². The molecule has 2 heterocycles. The maximum atomic E-state index is 13.1. The van der Waals surface area contributed by atoms with Crippen molar-refractivity contribution in [3.05, 3.63) is 59.4 Å². The summed E-state index contributed by atoms with van der Waals surface area (Å²) in [6.07, 6.45) is 2.37. The van der Waals surface area contributed by atoms with Gasteiger partial charge in [-0.25, -0.2) is 4.39 Å².